The van der Waals surface area contributed by atoms with Crippen LogP contribution in [0.1, 0.15) is 25.1 Å². The number of unbranched alkanes of at least 4 members (excludes halogenated alkanes) is 1. The summed E-state index contributed by atoms with van der Waals surface area (Å²) in [7, 11) is 0. The number of aromatic nitrogens is 5. The number of H-pyrrole nitrogens is 1. The highest BCUT2D eigenvalue weighted by Crippen LogP contribution is 2.21. The third-order valence-electron chi connectivity index (χ3n) is 4.75. The van der Waals surface area contributed by atoms with Crippen molar-refractivity contribution in [2.45, 2.75) is 25.7 Å². The van der Waals surface area contributed by atoms with Gasteiger partial charge in [0, 0.05) is 18.4 Å². The average molecular weight is 407 g/mol. The molecule has 8 nitrogen and oxygen atoms in total. The maximum Gasteiger partial charge on any atom is 0.303 e. The molecule has 0 unspecified atom stereocenters. The highest BCUT2D eigenvalue weighted by Gasteiger charge is 2.14. The number of rotatable bonds is 7. The van der Waals surface area contributed by atoms with Crippen LogP contribution in [0, 0.1) is 5.82 Å². The Balaban J connectivity index is 1.82. The van der Waals surface area contributed by atoms with Gasteiger partial charge < -0.3 is 5.11 Å². The monoisotopic (exact) mass is 407 g/mol. The highest BCUT2D eigenvalue weighted by molar-refractivity contribution is 5.82. The van der Waals surface area contributed by atoms with Crippen molar-refractivity contribution < 1.29 is 14.3 Å². The fourth-order valence-electron chi connectivity index (χ4n) is 3.31. The summed E-state index contributed by atoms with van der Waals surface area (Å²) in [5, 5.41) is 15.9. The molecule has 0 amide bonds. The summed E-state index contributed by atoms with van der Waals surface area (Å²) in [6, 6.07) is 10.8. The molecule has 4 aromatic rings. The molecule has 152 valence electrons. The van der Waals surface area contributed by atoms with Crippen LogP contribution in [0.3, 0.4) is 0 Å². The van der Waals surface area contributed by atoms with Gasteiger partial charge in [0.05, 0.1) is 16.6 Å². The lowest BCUT2D eigenvalue weighted by Gasteiger charge is -2.14. The van der Waals surface area contributed by atoms with E-state index in [-0.39, 0.29) is 12.0 Å². The maximum absolute atomic E-state index is 13.4. The van der Waals surface area contributed by atoms with Crippen molar-refractivity contribution in [3.05, 3.63) is 70.8 Å². The second-order valence-electron chi connectivity index (χ2n) is 6.81. The molecule has 2 aromatic heterocycles. The summed E-state index contributed by atoms with van der Waals surface area (Å²) in [4.78, 5) is 32.9. The first-order valence-electron chi connectivity index (χ1n) is 9.42. The molecule has 30 heavy (non-hydrogen) atoms. The van der Waals surface area contributed by atoms with Crippen molar-refractivity contribution in [2.24, 2.45) is 0 Å². The van der Waals surface area contributed by atoms with Gasteiger partial charge in [-0.3, -0.25) is 19.3 Å². The second-order valence-corrected chi connectivity index (χ2v) is 6.81. The van der Waals surface area contributed by atoms with Gasteiger partial charge in [-0.2, -0.15) is 5.10 Å². The van der Waals surface area contributed by atoms with Crippen LogP contribution >= 0.6 is 0 Å². The number of benzene rings is 2. The number of carboxylic acid groups (broad SMARTS) is 1. The highest BCUT2D eigenvalue weighted by atomic mass is 19.1. The zero-order valence-corrected chi connectivity index (χ0v) is 15.9. The van der Waals surface area contributed by atoms with Crippen LogP contribution < -0.4 is 5.56 Å². The molecule has 0 atom stereocenters. The van der Waals surface area contributed by atoms with Crippen LogP contribution in [0.2, 0.25) is 0 Å². The molecule has 0 fully saturated rings. The summed E-state index contributed by atoms with van der Waals surface area (Å²) in [6.07, 6.45) is 2.86. The zero-order chi connectivity index (χ0) is 21.1. The van der Waals surface area contributed by atoms with Gasteiger partial charge in [-0.1, -0.05) is 6.07 Å². The van der Waals surface area contributed by atoms with E-state index in [2.05, 4.69) is 20.2 Å². The lowest BCUT2D eigenvalue weighted by atomic mass is 10.1. The van der Waals surface area contributed by atoms with Crippen molar-refractivity contribution in [3.63, 3.8) is 0 Å². The summed E-state index contributed by atoms with van der Waals surface area (Å²) >= 11 is 0. The minimum absolute atomic E-state index is 0.0456. The Kier molecular flexibility index (Phi) is 5.34. The average Bonchev–Trinajstić information content (AvgIpc) is 3.27. The number of halogens is 1. The van der Waals surface area contributed by atoms with E-state index in [4.69, 9.17) is 5.11 Å². The number of carboxylic acids is 1. The van der Waals surface area contributed by atoms with Gasteiger partial charge in [0.25, 0.3) is 5.56 Å². The Labute approximate surface area is 170 Å². The van der Waals surface area contributed by atoms with E-state index in [1.165, 1.54) is 35.2 Å². The van der Waals surface area contributed by atoms with Gasteiger partial charge in [0.15, 0.2) is 5.82 Å². The second kappa shape index (κ2) is 8.24. The van der Waals surface area contributed by atoms with Gasteiger partial charge in [-0.15, -0.1) is 0 Å². The normalized spacial score (nSPS) is 11.1. The van der Waals surface area contributed by atoms with Crippen LogP contribution in [-0.2, 0) is 11.2 Å². The fraction of sp³-hybridized carbons (Fsp3) is 0.190. The molecule has 0 radical (unpaired) electrons. The number of nitrogens with one attached hydrogen (secondary N) is 1. The van der Waals surface area contributed by atoms with Gasteiger partial charge in [-0.05, 0) is 49.2 Å². The smallest absolute Gasteiger partial charge is 0.303 e. The number of hydrogen-bond donors (Lipinski definition) is 2. The lowest BCUT2D eigenvalue weighted by Crippen LogP contribution is -2.24. The van der Waals surface area contributed by atoms with E-state index < -0.39 is 11.8 Å². The Hall–Kier alpha value is -3.88. The fourth-order valence-corrected chi connectivity index (χ4v) is 3.31. The van der Waals surface area contributed by atoms with E-state index in [0.29, 0.717) is 47.5 Å². The molecule has 0 spiro atoms. The van der Waals surface area contributed by atoms with Crippen molar-refractivity contribution in [3.8, 4) is 17.1 Å². The van der Waals surface area contributed by atoms with Crippen LogP contribution in [-0.4, -0.2) is 35.8 Å². The first-order chi connectivity index (χ1) is 14.5. The number of aliphatic carboxylic acids is 1. The van der Waals surface area contributed by atoms with Crippen LogP contribution in [0.15, 0.2) is 53.6 Å². The number of hydrogen-bond acceptors (Lipinski definition) is 5. The van der Waals surface area contributed by atoms with Crippen LogP contribution in [0.5, 0.6) is 0 Å². The third-order valence-corrected chi connectivity index (χ3v) is 4.75. The van der Waals surface area contributed by atoms with Crippen molar-refractivity contribution in [1.29, 1.82) is 0 Å². The van der Waals surface area contributed by atoms with Crippen molar-refractivity contribution >= 4 is 16.9 Å². The zero-order valence-electron chi connectivity index (χ0n) is 15.9. The quantitative estimate of drug-likeness (QED) is 0.455. The summed E-state index contributed by atoms with van der Waals surface area (Å²) < 4.78 is 14.8. The number of nitrogens with zero attached hydrogens (tertiary/aromatic N) is 4. The minimum Gasteiger partial charge on any atom is -0.481 e. The van der Waals surface area contributed by atoms with E-state index >= 15 is 0 Å². The van der Waals surface area contributed by atoms with E-state index in [1.54, 1.807) is 18.2 Å². The van der Waals surface area contributed by atoms with E-state index in [1.807, 2.05) is 0 Å². The molecule has 2 aromatic carbocycles. The van der Waals surface area contributed by atoms with Crippen LogP contribution in [0.4, 0.5) is 4.39 Å². The number of fused-ring (bicyclic) bond motifs is 1. The van der Waals surface area contributed by atoms with Gasteiger partial charge >= 0.3 is 5.97 Å². The Morgan fingerprint density at radius 2 is 1.93 bits per heavy atom. The standard InChI is InChI=1S/C21H18FN5O3/c22-14-6-8-15(9-7-14)27-18(3-1-2-4-19(28)29)25-17-11-13(20-23-12-24-26-20)5-10-16(17)21(27)30/h5-12H,1-4H2,(H,28,29)(H,23,24,26). The number of carbonyl (C=O) groups is 1. The number of aromatic amines is 1. The van der Waals surface area contributed by atoms with Gasteiger partial charge in [0.2, 0.25) is 0 Å². The predicted molar refractivity (Wildman–Crippen MR) is 108 cm³/mol. The molecule has 2 heterocycles. The van der Waals surface area contributed by atoms with Crippen molar-refractivity contribution in [1.82, 2.24) is 24.7 Å². The topological polar surface area (TPSA) is 114 Å². The lowest BCUT2D eigenvalue weighted by molar-refractivity contribution is -0.137. The largest absolute Gasteiger partial charge is 0.481 e. The molecule has 0 aliphatic rings. The summed E-state index contributed by atoms with van der Waals surface area (Å²) in [6.45, 7) is 0. The molecular formula is C21H18FN5O3. The third kappa shape index (κ3) is 3.95. The first-order valence-corrected chi connectivity index (χ1v) is 9.42. The van der Waals surface area contributed by atoms with Crippen LogP contribution in [0.25, 0.3) is 28.0 Å². The molecule has 0 saturated carbocycles. The Morgan fingerprint density at radius 3 is 2.63 bits per heavy atom. The van der Waals surface area contributed by atoms with Crippen molar-refractivity contribution in [2.75, 3.05) is 0 Å². The maximum atomic E-state index is 13.4. The molecule has 4 rings (SSSR count). The molecule has 0 bridgehead atoms. The molecule has 9 heteroatoms. The molecule has 0 aliphatic heterocycles. The van der Waals surface area contributed by atoms with Gasteiger partial charge in [0.1, 0.15) is 18.0 Å². The summed E-state index contributed by atoms with van der Waals surface area (Å²) in [5.41, 5.74) is 1.47. The molecule has 0 aliphatic carbocycles. The SMILES string of the molecule is O=C(O)CCCCc1nc2cc(-c3ncn[nH]3)ccc2c(=O)n1-c1ccc(F)cc1. The molecular weight excluding hydrogens is 389 g/mol. The predicted octanol–water partition coefficient (Wildman–Crippen LogP) is 3.11. The first kappa shape index (κ1) is 19.4. The summed E-state index contributed by atoms with van der Waals surface area (Å²) in [5.74, 6) is -0.224. The molecule has 0 saturated heterocycles. The van der Waals surface area contributed by atoms with E-state index in [9.17, 15) is 14.0 Å². The number of aryl methyl sites for hydroxylation is 1. The van der Waals surface area contributed by atoms with Gasteiger partial charge in [-0.25, -0.2) is 14.4 Å². The Bertz CT molecular complexity index is 1250. The Morgan fingerprint density at radius 1 is 1.13 bits per heavy atom. The van der Waals surface area contributed by atoms with E-state index in [0.717, 1.165) is 5.56 Å². The minimum atomic E-state index is -0.867. The molecule has 2 N–H and O–H groups in total.